The molecule has 1 aliphatic carbocycles. The van der Waals surface area contributed by atoms with Gasteiger partial charge in [-0.3, -0.25) is 0 Å². The summed E-state index contributed by atoms with van der Waals surface area (Å²) in [5.41, 5.74) is 0.454. The highest BCUT2D eigenvalue weighted by atomic mass is 32.1. The minimum absolute atomic E-state index is 0.454. The lowest BCUT2D eigenvalue weighted by Crippen LogP contribution is -2.39. The first-order valence-corrected chi connectivity index (χ1v) is 5.53. The number of rotatable bonds is 1. The zero-order chi connectivity index (χ0) is 9.47. The summed E-state index contributed by atoms with van der Waals surface area (Å²) in [6.45, 7) is 6.87. The van der Waals surface area contributed by atoms with Gasteiger partial charge in [0, 0.05) is 19.1 Å². The van der Waals surface area contributed by atoms with E-state index in [1.165, 1.54) is 19.3 Å². The Bertz CT molecular complexity index is 221. The number of nitrogens with zero attached hydrogens (tertiary/aromatic N) is 1. The molecule has 0 amide bonds. The molecule has 1 N–H and O–H groups in total. The molecular weight excluding hydrogens is 180 g/mol. The van der Waals surface area contributed by atoms with E-state index in [-0.39, 0.29) is 0 Å². The normalized spacial score (nSPS) is 26.2. The predicted molar refractivity (Wildman–Crippen MR) is 58.7 cm³/mol. The Morgan fingerprint density at radius 1 is 1.46 bits per heavy atom. The molecule has 1 saturated heterocycles. The Morgan fingerprint density at radius 2 is 2.15 bits per heavy atom. The molecule has 3 heteroatoms. The third kappa shape index (κ3) is 2.33. The van der Waals surface area contributed by atoms with Gasteiger partial charge >= 0.3 is 0 Å². The average molecular weight is 198 g/mol. The van der Waals surface area contributed by atoms with Crippen molar-refractivity contribution in [2.45, 2.75) is 39.2 Å². The third-order valence-electron chi connectivity index (χ3n) is 2.87. The summed E-state index contributed by atoms with van der Waals surface area (Å²) >= 11 is 5.35. The zero-order valence-electron chi connectivity index (χ0n) is 8.47. The predicted octanol–water partition coefficient (Wildman–Crippen LogP) is 1.76. The van der Waals surface area contributed by atoms with Crippen LogP contribution in [0.5, 0.6) is 0 Å². The van der Waals surface area contributed by atoms with Crippen molar-refractivity contribution in [3.05, 3.63) is 0 Å². The molecule has 0 radical (unpaired) electrons. The maximum Gasteiger partial charge on any atom is 0.169 e. The van der Waals surface area contributed by atoms with Crippen molar-refractivity contribution in [3.8, 4) is 0 Å². The van der Waals surface area contributed by atoms with Crippen molar-refractivity contribution in [3.63, 3.8) is 0 Å². The van der Waals surface area contributed by atoms with Crippen molar-refractivity contribution in [1.82, 2.24) is 10.2 Å². The first-order chi connectivity index (χ1) is 6.07. The fourth-order valence-electron chi connectivity index (χ4n) is 1.78. The van der Waals surface area contributed by atoms with Crippen molar-refractivity contribution in [2.24, 2.45) is 5.41 Å². The van der Waals surface area contributed by atoms with Gasteiger partial charge in [0.25, 0.3) is 0 Å². The molecule has 1 heterocycles. The highest BCUT2D eigenvalue weighted by Gasteiger charge is 2.32. The largest absolute Gasteiger partial charge is 0.360 e. The summed E-state index contributed by atoms with van der Waals surface area (Å²) in [6.07, 6.45) is 3.87. The Labute approximate surface area is 85.7 Å². The van der Waals surface area contributed by atoms with Gasteiger partial charge in [-0.1, -0.05) is 13.8 Å². The standard InChI is InChI=1S/C10H18N2S/c1-10(2)5-6-12(7-10)9(13)11-8-3-4-8/h8H,3-7H2,1-2H3,(H,11,13). The maximum atomic E-state index is 5.35. The van der Waals surface area contributed by atoms with E-state index < -0.39 is 0 Å². The van der Waals surface area contributed by atoms with E-state index in [0.717, 1.165) is 18.2 Å². The number of likely N-dealkylation sites (tertiary alicyclic amines) is 1. The fourth-order valence-corrected chi connectivity index (χ4v) is 2.10. The number of hydrogen-bond acceptors (Lipinski definition) is 1. The van der Waals surface area contributed by atoms with Gasteiger partial charge in [0.1, 0.15) is 0 Å². The molecule has 13 heavy (non-hydrogen) atoms. The first kappa shape index (κ1) is 9.25. The topological polar surface area (TPSA) is 15.3 Å². The molecule has 0 atom stereocenters. The minimum Gasteiger partial charge on any atom is -0.360 e. The molecule has 74 valence electrons. The zero-order valence-corrected chi connectivity index (χ0v) is 9.28. The lowest BCUT2D eigenvalue weighted by Gasteiger charge is -2.22. The van der Waals surface area contributed by atoms with Crippen LogP contribution in [0.1, 0.15) is 33.1 Å². The van der Waals surface area contributed by atoms with E-state index in [1.54, 1.807) is 0 Å². The fraction of sp³-hybridized carbons (Fsp3) is 0.900. The first-order valence-electron chi connectivity index (χ1n) is 5.12. The molecule has 0 aromatic carbocycles. The second-order valence-corrected chi connectivity index (χ2v) is 5.45. The van der Waals surface area contributed by atoms with E-state index in [2.05, 4.69) is 24.1 Å². The van der Waals surface area contributed by atoms with Gasteiger partial charge in [0.15, 0.2) is 5.11 Å². The lowest BCUT2D eigenvalue weighted by atomic mass is 9.93. The molecule has 2 fully saturated rings. The van der Waals surface area contributed by atoms with E-state index in [9.17, 15) is 0 Å². The van der Waals surface area contributed by atoms with Crippen molar-refractivity contribution in [1.29, 1.82) is 0 Å². The van der Waals surface area contributed by atoms with Gasteiger partial charge < -0.3 is 10.2 Å². The SMILES string of the molecule is CC1(C)CCN(C(=S)NC2CC2)C1. The Hall–Kier alpha value is -0.310. The van der Waals surface area contributed by atoms with Gasteiger partial charge in [-0.25, -0.2) is 0 Å². The van der Waals surface area contributed by atoms with Crippen LogP contribution in [0, 0.1) is 5.41 Å². The van der Waals surface area contributed by atoms with Crippen LogP contribution in [0.15, 0.2) is 0 Å². The maximum absolute atomic E-state index is 5.35. The van der Waals surface area contributed by atoms with E-state index >= 15 is 0 Å². The Morgan fingerprint density at radius 3 is 2.62 bits per heavy atom. The van der Waals surface area contributed by atoms with Crippen molar-refractivity contribution >= 4 is 17.3 Å². The summed E-state index contributed by atoms with van der Waals surface area (Å²) < 4.78 is 0. The Balaban J connectivity index is 1.83. The van der Waals surface area contributed by atoms with Crippen LogP contribution in [0.2, 0.25) is 0 Å². The number of thiocarbonyl (C=S) groups is 1. The van der Waals surface area contributed by atoms with Crippen LogP contribution in [0.3, 0.4) is 0 Å². The van der Waals surface area contributed by atoms with E-state index in [4.69, 9.17) is 12.2 Å². The van der Waals surface area contributed by atoms with E-state index in [1.807, 2.05) is 0 Å². The molecule has 1 aliphatic heterocycles. The van der Waals surface area contributed by atoms with Gasteiger partial charge in [0.2, 0.25) is 0 Å². The highest BCUT2D eigenvalue weighted by Crippen LogP contribution is 2.29. The van der Waals surface area contributed by atoms with Crippen LogP contribution in [0.4, 0.5) is 0 Å². The summed E-state index contributed by atoms with van der Waals surface area (Å²) in [6, 6.07) is 0.691. The second-order valence-electron chi connectivity index (χ2n) is 5.06. The number of hydrogen-bond donors (Lipinski definition) is 1. The van der Waals surface area contributed by atoms with Crippen LogP contribution in [-0.2, 0) is 0 Å². The average Bonchev–Trinajstić information content (AvgIpc) is 2.75. The Kier molecular flexibility index (Phi) is 2.22. The van der Waals surface area contributed by atoms with Gasteiger partial charge in [-0.15, -0.1) is 0 Å². The summed E-state index contributed by atoms with van der Waals surface area (Å²) in [4.78, 5) is 2.31. The molecule has 2 rings (SSSR count). The van der Waals surface area contributed by atoms with Gasteiger partial charge in [-0.2, -0.15) is 0 Å². The number of nitrogens with one attached hydrogen (secondary N) is 1. The van der Waals surface area contributed by atoms with Crippen LogP contribution in [-0.4, -0.2) is 29.1 Å². The van der Waals surface area contributed by atoms with Gasteiger partial charge in [-0.05, 0) is 36.9 Å². The van der Waals surface area contributed by atoms with E-state index in [0.29, 0.717) is 11.5 Å². The highest BCUT2D eigenvalue weighted by molar-refractivity contribution is 7.80. The summed E-state index contributed by atoms with van der Waals surface area (Å²) in [7, 11) is 0. The van der Waals surface area contributed by atoms with Crippen LogP contribution >= 0.6 is 12.2 Å². The van der Waals surface area contributed by atoms with Crippen molar-refractivity contribution in [2.75, 3.05) is 13.1 Å². The molecular formula is C10H18N2S. The minimum atomic E-state index is 0.454. The van der Waals surface area contributed by atoms with Crippen molar-refractivity contribution < 1.29 is 0 Å². The van der Waals surface area contributed by atoms with Gasteiger partial charge in [0.05, 0.1) is 0 Å². The molecule has 0 bridgehead atoms. The van der Waals surface area contributed by atoms with Crippen LogP contribution < -0.4 is 5.32 Å². The van der Waals surface area contributed by atoms with Crippen LogP contribution in [0.25, 0.3) is 0 Å². The summed E-state index contributed by atoms with van der Waals surface area (Å²) in [5, 5.41) is 4.37. The molecule has 0 aromatic rings. The molecule has 0 unspecified atom stereocenters. The molecule has 0 aromatic heterocycles. The summed E-state index contributed by atoms with van der Waals surface area (Å²) in [5.74, 6) is 0. The lowest BCUT2D eigenvalue weighted by molar-refractivity contribution is 0.373. The molecule has 0 spiro atoms. The second kappa shape index (κ2) is 3.12. The smallest absolute Gasteiger partial charge is 0.169 e. The third-order valence-corrected chi connectivity index (χ3v) is 3.25. The molecule has 2 aliphatic rings. The monoisotopic (exact) mass is 198 g/mol. The molecule has 2 nitrogen and oxygen atoms in total. The quantitative estimate of drug-likeness (QED) is 0.646. The molecule has 1 saturated carbocycles.